The summed E-state index contributed by atoms with van der Waals surface area (Å²) in [5.41, 5.74) is 12.2. The van der Waals surface area contributed by atoms with Gasteiger partial charge in [0.15, 0.2) is 21.8 Å². The van der Waals surface area contributed by atoms with E-state index in [4.69, 9.17) is 46.7 Å². The van der Waals surface area contributed by atoms with Crippen molar-refractivity contribution in [2.45, 2.75) is 276 Å². The van der Waals surface area contributed by atoms with Crippen LogP contribution in [0.3, 0.4) is 0 Å². The van der Waals surface area contributed by atoms with Crippen LogP contribution in [0.4, 0.5) is 0 Å². The molecule has 7 aliphatic rings. The van der Waals surface area contributed by atoms with Crippen molar-refractivity contribution in [1.82, 2.24) is 0 Å². The van der Waals surface area contributed by atoms with Gasteiger partial charge < -0.3 is 56.9 Å². The molecule has 2 aromatic carbocycles. The molecule has 676 valence electrons. The average Bonchev–Trinajstić information content (AvgIpc) is 1.18. The minimum atomic E-state index is -0.737. The summed E-state index contributed by atoms with van der Waals surface area (Å²) in [5, 5.41) is 21.9. The minimum absolute atomic E-state index is 0.0393. The van der Waals surface area contributed by atoms with Gasteiger partial charge in [0.25, 0.3) is 0 Å². The van der Waals surface area contributed by atoms with E-state index in [1.807, 2.05) is 105 Å². The van der Waals surface area contributed by atoms with E-state index in [0.29, 0.717) is 93.6 Å². The number of unbranched alkanes of at least 4 members (excludes halogenated alkanes) is 3. The number of furan rings is 2. The van der Waals surface area contributed by atoms with Crippen molar-refractivity contribution in [3.63, 3.8) is 0 Å². The molecule has 2 aromatic heterocycles. The number of hydrogen-bond donors (Lipinski definition) is 2. The molecule has 27 heteroatoms. The minimum Gasteiger partial charge on any atom is -0.489 e. The summed E-state index contributed by atoms with van der Waals surface area (Å²) in [7, 11) is 0. The quantitative estimate of drug-likeness (QED) is 0.0221. The molecular formula is C97H119Br7O20. The monoisotopic (exact) mass is 2160 g/mol. The number of hydrogen-bond acceptors (Lipinski definition) is 20. The maximum absolute atomic E-state index is 12.0. The number of carbonyl (C=O) groups is 8. The van der Waals surface area contributed by atoms with Gasteiger partial charge in [0.1, 0.15) is 59.3 Å². The van der Waals surface area contributed by atoms with Gasteiger partial charge in [-0.1, -0.05) is 133 Å². The van der Waals surface area contributed by atoms with Crippen molar-refractivity contribution in [2.75, 3.05) is 13.2 Å². The Morgan fingerprint density at radius 3 is 1.40 bits per heavy atom. The number of alkyl halides is 1. The van der Waals surface area contributed by atoms with Gasteiger partial charge in [0.2, 0.25) is 0 Å². The Labute approximate surface area is 789 Å². The van der Waals surface area contributed by atoms with E-state index in [1.54, 1.807) is 56.8 Å². The van der Waals surface area contributed by atoms with Gasteiger partial charge >= 0.3 is 35.8 Å². The highest BCUT2D eigenvalue weighted by Crippen LogP contribution is 2.46. The fourth-order valence-electron chi connectivity index (χ4n) is 12.8. The third-order valence-electron chi connectivity index (χ3n) is 20.1. The molecule has 4 aromatic rings. The van der Waals surface area contributed by atoms with Gasteiger partial charge in [-0.2, -0.15) is 0 Å². The third-order valence-corrected chi connectivity index (χ3v) is 26.6. The molecule has 0 spiro atoms. The maximum atomic E-state index is 12.0. The molecule has 2 aliphatic carbocycles. The van der Waals surface area contributed by atoms with Crippen molar-refractivity contribution < 1.29 is 95.3 Å². The zero-order valence-electron chi connectivity index (χ0n) is 74.4. The SMILES string of the molecule is C/C(=C\COC1=CC(=O)Cc2cc3occc3cc21)CCC(O)C(C)(C)C.C/C=C1\OC(=O)C(C(CCC)OC(C)=O)=C1Br.C/C=C1\OC(=O)C(C(O)CCC)=C1Br.C/C=C1\OC(=O)C(CCCC)=C1Br.CC(C)=CCC/C(C)=C/COC1=CC(=O)Cc2cc3occc3cc21.CCCCC1=C(Br)/C(=C(/C)Br)OC1=O.CCCCC1=C(Br)C(Br)(CC)OC1=O. The summed E-state index contributed by atoms with van der Waals surface area (Å²) in [6, 6.07) is 11.8. The molecule has 4 unspecified atom stereocenters. The molecule has 124 heavy (non-hydrogen) atoms. The number of aliphatic hydroxyl groups is 2. The van der Waals surface area contributed by atoms with Crippen molar-refractivity contribution in [3.05, 3.63) is 214 Å². The molecule has 2 N–H and O–H groups in total. The van der Waals surface area contributed by atoms with Gasteiger partial charge in [-0.15, -0.1) is 0 Å². The Hall–Kier alpha value is -7.08. The molecule has 20 nitrogen and oxygen atoms in total. The lowest BCUT2D eigenvalue weighted by molar-refractivity contribution is -0.146. The molecule has 0 bridgehead atoms. The Bertz CT molecular complexity index is 4980. The van der Waals surface area contributed by atoms with Crippen LogP contribution in [0.5, 0.6) is 0 Å². The van der Waals surface area contributed by atoms with E-state index in [1.165, 1.54) is 23.6 Å². The molecule has 4 atom stereocenters. The van der Waals surface area contributed by atoms with Crippen LogP contribution in [0.1, 0.15) is 262 Å². The van der Waals surface area contributed by atoms with Crippen LogP contribution < -0.4 is 0 Å². The van der Waals surface area contributed by atoms with Crippen LogP contribution in [-0.2, 0) is 89.1 Å². The Kier molecular flexibility index (Phi) is 45.9. The van der Waals surface area contributed by atoms with Crippen LogP contribution in [0.2, 0.25) is 0 Å². The molecule has 0 saturated carbocycles. The van der Waals surface area contributed by atoms with Crippen LogP contribution in [0.15, 0.2) is 201 Å². The number of carbonyl (C=O) groups excluding carboxylic acids is 8. The van der Waals surface area contributed by atoms with E-state index in [0.717, 1.165) is 182 Å². The van der Waals surface area contributed by atoms with Crippen LogP contribution in [0.25, 0.3) is 33.5 Å². The highest BCUT2D eigenvalue weighted by molar-refractivity contribution is 9.14. The maximum Gasteiger partial charge on any atom is 0.344 e. The normalized spacial score (nSPS) is 19.0. The first kappa shape index (κ1) is 107. The van der Waals surface area contributed by atoms with E-state index >= 15 is 0 Å². The molecular weight excluding hydrogens is 2040 g/mol. The standard InChI is InChI=1S/C23H28O4.C22H24O3.C12H15BrO4.C10H12Br2O2.C10H14Br2O2.C10H13BrO3.C10H13BrO2/c1-15(5-6-22(25)23(2,3)4)7-9-27-21-14-18(24)11-17-13-20-16(8-10-26-20)12-19(17)21;1-15(2)5-4-6-16(3)7-9-25-22-14-19(23)11-18-13-21-17(8-10-24-21)12-20(18)22;1-4-6-9(16-7(3)14)10-11(13)8(5-2)17-12(10)15;1-3-4-5-7-8(12)9(6(2)11)14-10(7)13;1-3-5-6-7-8(11)10(12,4-2)14-9(7)13;1-3-5-6(12)8-9(11)7(4-2)14-10(8)13;1-3-5-6-7-9(11)8(4-2)13-10(7)12/h7-8,10,12-14,22,25H,5-6,9,11H2,1-4H3;5,7-8,10,12-14H,4,6,9,11H2,1-3H3;5,9H,4,6H2,1-3H3;3-5H2,1-2H3;3-6H2,1-2H3;4,6,12H,3,5H2,1-2H3;4H,3,5-6H2,1-2H3/b15-7+;16-7+;8-5-;9-6+;;7-4-;8-4-. The molecule has 0 saturated heterocycles. The van der Waals surface area contributed by atoms with E-state index in [2.05, 4.69) is 165 Å². The number of rotatable bonds is 29. The number of cyclic esters (lactones) is 5. The second kappa shape index (κ2) is 53.0. The summed E-state index contributed by atoms with van der Waals surface area (Å²) in [6.07, 6.45) is 33.0. The first-order chi connectivity index (χ1) is 58.7. The van der Waals surface area contributed by atoms with Gasteiger partial charge in [-0.3, -0.25) is 14.4 Å². The molecule has 0 fully saturated rings. The van der Waals surface area contributed by atoms with Crippen molar-refractivity contribution in [1.29, 1.82) is 0 Å². The number of halogens is 7. The van der Waals surface area contributed by atoms with Crippen LogP contribution >= 0.6 is 112 Å². The van der Waals surface area contributed by atoms with Gasteiger partial charge in [-0.05, 0) is 318 Å². The number of fused-ring (bicyclic) bond motifs is 4. The topological polar surface area (TPSA) is 277 Å². The Morgan fingerprint density at radius 2 is 0.984 bits per heavy atom. The summed E-state index contributed by atoms with van der Waals surface area (Å²) in [4.78, 5) is 92.4. The number of benzene rings is 2. The molecule has 11 rings (SSSR count). The summed E-state index contributed by atoms with van der Waals surface area (Å²) >= 11 is 23.5. The number of ether oxygens (including phenoxy) is 8. The van der Waals surface area contributed by atoms with E-state index in [-0.39, 0.29) is 41.0 Å². The molecule has 5 aliphatic heterocycles. The zero-order valence-corrected chi connectivity index (χ0v) is 85.5. The first-order valence-corrected chi connectivity index (χ1v) is 47.6. The second-order valence-corrected chi connectivity index (χ2v) is 37.8. The smallest absolute Gasteiger partial charge is 0.344 e. The van der Waals surface area contributed by atoms with Crippen molar-refractivity contribution in [3.8, 4) is 0 Å². The molecule has 0 radical (unpaired) electrons. The van der Waals surface area contributed by atoms with Crippen LogP contribution in [-0.4, -0.2) is 93.6 Å². The zero-order chi connectivity index (χ0) is 92.5. The van der Waals surface area contributed by atoms with E-state index < -0.39 is 34.6 Å². The van der Waals surface area contributed by atoms with Crippen LogP contribution in [0, 0.1) is 5.41 Å². The van der Waals surface area contributed by atoms with E-state index in [9.17, 15) is 48.6 Å². The highest BCUT2D eigenvalue weighted by Gasteiger charge is 2.43. The van der Waals surface area contributed by atoms with Crippen molar-refractivity contribution in [2.24, 2.45) is 5.41 Å². The fourth-order valence-corrected chi connectivity index (χ4v) is 17.4. The van der Waals surface area contributed by atoms with Gasteiger partial charge in [-0.25, -0.2) is 24.0 Å². The summed E-state index contributed by atoms with van der Waals surface area (Å²) in [5.74, 6) is 1.67. The number of aliphatic hydroxyl groups excluding tert-OH is 2. The summed E-state index contributed by atoms with van der Waals surface area (Å²) < 4.78 is 57.2. The lowest BCUT2D eigenvalue weighted by atomic mass is 9.86. The molecule has 7 heterocycles. The van der Waals surface area contributed by atoms with Gasteiger partial charge in [0.05, 0.1) is 75.0 Å². The van der Waals surface area contributed by atoms with Crippen molar-refractivity contribution >= 4 is 192 Å². The lowest BCUT2D eigenvalue weighted by Crippen LogP contribution is -2.25. The van der Waals surface area contributed by atoms with Gasteiger partial charge in [0, 0.05) is 58.3 Å². The number of ketones is 2. The predicted octanol–water partition coefficient (Wildman–Crippen LogP) is 26.9. The lowest BCUT2D eigenvalue weighted by Gasteiger charge is -2.25. The predicted molar refractivity (Wildman–Crippen MR) is 514 cm³/mol. The Balaban J connectivity index is 0.000000262. The second-order valence-electron chi connectivity index (χ2n) is 31.4. The average molecular weight is 2160 g/mol. The number of allylic oxidation sites excluding steroid dienone is 14. The summed E-state index contributed by atoms with van der Waals surface area (Å²) in [6.45, 7) is 36.2. The first-order valence-electron chi connectivity index (χ1n) is 42.1. The fraction of sp³-hybridized carbons (Fsp3) is 0.464. The Morgan fingerprint density at radius 1 is 0.540 bits per heavy atom. The molecule has 0 amide bonds. The largest absolute Gasteiger partial charge is 0.489 e. The highest BCUT2D eigenvalue weighted by atomic mass is 79.9. The third kappa shape index (κ3) is 32.0. The number of esters is 6.